The number of halogens is 1. The van der Waals surface area contributed by atoms with Gasteiger partial charge in [0.15, 0.2) is 0 Å². The van der Waals surface area contributed by atoms with Crippen LogP contribution in [0, 0.1) is 5.82 Å². The van der Waals surface area contributed by atoms with E-state index in [1.54, 1.807) is 15.9 Å². The number of imide groups is 1. The lowest BCUT2D eigenvalue weighted by Gasteiger charge is -2.42. The van der Waals surface area contributed by atoms with Crippen molar-refractivity contribution in [3.05, 3.63) is 71.5 Å². The molecule has 0 bridgehead atoms. The first-order valence-electron chi connectivity index (χ1n) is 9.61. The van der Waals surface area contributed by atoms with Gasteiger partial charge in [0.2, 0.25) is 0 Å². The lowest BCUT2D eigenvalue weighted by molar-refractivity contribution is -0.134. The zero-order chi connectivity index (χ0) is 20.6. The molecule has 150 valence electrons. The SMILES string of the molecule is CN1C(=O)N(Cc2ccccc2)C2(CCN(C(=O)c3cccc(F)c3)CC2)C1=O. The van der Waals surface area contributed by atoms with E-state index in [4.69, 9.17) is 0 Å². The number of likely N-dealkylation sites (tertiary alicyclic amines) is 1. The fourth-order valence-electron chi connectivity index (χ4n) is 4.23. The first-order chi connectivity index (χ1) is 13.9. The predicted octanol–water partition coefficient (Wildman–Crippen LogP) is 2.89. The summed E-state index contributed by atoms with van der Waals surface area (Å²) in [6.45, 7) is 0.995. The highest BCUT2D eigenvalue weighted by molar-refractivity contribution is 6.07. The number of benzene rings is 2. The summed E-state index contributed by atoms with van der Waals surface area (Å²) in [5, 5.41) is 0. The quantitative estimate of drug-likeness (QED) is 0.751. The van der Waals surface area contributed by atoms with Gasteiger partial charge in [-0.1, -0.05) is 36.4 Å². The molecule has 2 aliphatic heterocycles. The maximum atomic E-state index is 13.5. The number of urea groups is 1. The molecule has 29 heavy (non-hydrogen) atoms. The van der Waals surface area contributed by atoms with E-state index < -0.39 is 11.4 Å². The molecule has 0 saturated carbocycles. The van der Waals surface area contributed by atoms with E-state index in [0.29, 0.717) is 32.5 Å². The Morgan fingerprint density at radius 2 is 1.72 bits per heavy atom. The van der Waals surface area contributed by atoms with Gasteiger partial charge in [0, 0.05) is 32.2 Å². The topological polar surface area (TPSA) is 60.9 Å². The van der Waals surface area contributed by atoms with Gasteiger partial charge in [0.05, 0.1) is 0 Å². The van der Waals surface area contributed by atoms with Crippen LogP contribution in [0.15, 0.2) is 54.6 Å². The molecule has 4 amide bonds. The third-order valence-corrected chi connectivity index (χ3v) is 5.87. The summed E-state index contributed by atoms with van der Waals surface area (Å²) >= 11 is 0. The highest BCUT2D eigenvalue weighted by atomic mass is 19.1. The number of carbonyl (C=O) groups excluding carboxylic acids is 3. The molecule has 2 heterocycles. The van der Waals surface area contributed by atoms with E-state index in [1.165, 1.54) is 30.1 Å². The Kier molecular flexibility index (Phi) is 4.82. The van der Waals surface area contributed by atoms with Crippen LogP contribution in [0.4, 0.5) is 9.18 Å². The number of amides is 4. The third kappa shape index (κ3) is 3.26. The maximum Gasteiger partial charge on any atom is 0.327 e. The minimum atomic E-state index is -0.944. The van der Waals surface area contributed by atoms with Crippen molar-refractivity contribution < 1.29 is 18.8 Å². The van der Waals surface area contributed by atoms with E-state index in [0.717, 1.165) is 5.56 Å². The summed E-state index contributed by atoms with van der Waals surface area (Å²) in [5.41, 5.74) is 0.287. The minimum absolute atomic E-state index is 0.226. The van der Waals surface area contributed by atoms with Crippen molar-refractivity contribution in [2.45, 2.75) is 24.9 Å². The Hall–Kier alpha value is -3.22. The van der Waals surface area contributed by atoms with E-state index in [-0.39, 0.29) is 23.4 Å². The fraction of sp³-hybridized carbons (Fsp3) is 0.318. The van der Waals surface area contributed by atoms with Crippen LogP contribution >= 0.6 is 0 Å². The van der Waals surface area contributed by atoms with Gasteiger partial charge < -0.3 is 9.80 Å². The number of rotatable bonds is 3. The van der Waals surface area contributed by atoms with E-state index in [1.807, 2.05) is 30.3 Å². The predicted molar refractivity (Wildman–Crippen MR) is 104 cm³/mol. The summed E-state index contributed by atoms with van der Waals surface area (Å²) in [6.07, 6.45) is 0.714. The molecule has 2 aliphatic rings. The zero-order valence-electron chi connectivity index (χ0n) is 16.2. The monoisotopic (exact) mass is 395 g/mol. The molecule has 6 nitrogen and oxygen atoms in total. The fourth-order valence-corrected chi connectivity index (χ4v) is 4.23. The maximum absolute atomic E-state index is 13.5. The second-order valence-corrected chi connectivity index (χ2v) is 7.55. The van der Waals surface area contributed by atoms with Crippen LogP contribution in [0.1, 0.15) is 28.8 Å². The molecule has 2 aromatic rings. The van der Waals surface area contributed by atoms with Crippen LogP contribution in [0.2, 0.25) is 0 Å². The van der Waals surface area contributed by atoms with E-state index in [2.05, 4.69) is 0 Å². The molecular formula is C22H22FN3O3. The number of hydrogen-bond acceptors (Lipinski definition) is 3. The smallest absolute Gasteiger partial charge is 0.327 e. The Bertz CT molecular complexity index is 955. The van der Waals surface area contributed by atoms with Gasteiger partial charge in [-0.2, -0.15) is 0 Å². The van der Waals surface area contributed by atoms with Gasteiger partial charge >= 0.3 is 6.03 Å². The van der Waals surface area contributed by atoms with Gasteiger partial charge in [-0.25, -0.2) is 9.18 Å². The van der Waals surface area contributed by atoms with Crippen molar-refractivity contribution >= 4 is 17.8 Å². The van der Waals surface area contributed by atoms with Crippen LogP contribution in [-0.2, 0) is 11.3 Å². The number of hydrogen-bond donors (Lipinski definition) is 0. The number of nitrogens with zero attached hydrogens (tertiary/aromatic N) is 3. The first-order valence-corrected chi connectivity index (χ1v) is 9.61. The Labute approximate surface area is 168 Å². The third-order valence-electron chi connectivity index (χ3n) is 5.87. The number of carbonyl (C=O) groups is 3. The molecule has 4 rings (SSSR count). The average Bonchev–Trinajstić information content (AvgIpc) is 2.91. The van der Waals surface area contributed by atoms with Crippen molar-refractivity contribution in [3.8, 4) is 0 Å². The van der Waals surface area contributed by atoms with Crippen LogP contribution in [0.25, 0.3) is 0 Å². The van der Waals surface area contributed by atoms with Gasteiger partial charge in [0.1, 0.15) is 11.4 Å². The molecule has 2 fully saturated rings. The molecule has 2 saturated heterocycles. The molecule has 0 unspecified atom stereocenters. The molecule has 2 aromatic carbocycles. The van der Waals surface area contributed by atoms with Gasteiger partial charge in [-0.3, -0.25) is 14.5 Å². The minimum Gasteiger partial charge on any atom is -0.338 e. The highest BCUT2D eigenvalue weighted by Gasteiger charge is 2.57. The molecule has 0 atom stereocenters. The van der Waals surface area contributed by atoms with Gasteiger partial charge in [-0.15, -0.1) is 0 Å². The Morgan fingerprint density at radius 3 is 2.38 bits per heavy atom. The second-order valence-electron chi connectivity index (χ2n) is 7.55. The highest BCUT2D eigenvalue weighted by Crippen LogP contribution is 2.38. The van der Waals surface area contributed by atoms with Gasteiger partial charge in [0.25, 0.3) is 11.8 Å². The second kappa shape index (κ2) is 7.31. The lowest BCUT2D eigenvalue weighted by Crippen LogP contribution is -2.57. The Balaban J connectivity index is 1.55. The van der Waals surface area contributed by atoms with Crippen LogP contribution in [0.3, 0.4) is 0 Å². The zero-order valence-corrected chi connectivity index (χ0v) is 16.2. The molecule has 0 aromatic heterocycles. The van der Waals surface area contributed by atoms with E-state index in [9.17, 15) is 18.8 Å². The van der Waals surface area contributed by atoms with Crippen molar-refractivity contribution in [2.24, 2.45) is 0 Å². The molecule has 7 heteroatoms. The Morgan fingerprint density at radius 1 is 1.03 bits per heavy atom. The summed E-state index contributed by atoms with van der Waals surface area (Å²) < 4.78 is 13.5. The summed E-state index contributed by atoms with van der Waals surface area (Å²) in [7, 11) is 1.50. The van der Waals surface area contributed by atoms with Crippen LogP contribution < -0.4 is 0 Å². The standard InChI is InChI=1S/C22H22FN3O3/c1-24-20(28)22(26(21(24)29)15-16-6-3-2-4-7-16)10-12-25(13-11-22)19(27)17-8-5-9-18(23)14-17/h2-9,14H,10-13,15H2,1H3. The summed E-state index contributed by atoms with van der Waals surface area (Å²) in [4.78, 5) is 42.9. The van der Waals surface area contributed by atoms with Crippen LogP contribution in [0.5, 0.6) is 0 Å². The molecular weight excluding hydrogens is 373 g/mol. The van der Waals surface area contributed by atoms with E-state index >= 15 is 0 Å². The summed E-state index contributed by atoms with van der Waals surface area (Å²) in [6, 6.07) is 14.8. The molecule has 0 aliphatic carbocycles. The van der Waals surface area contributed by atoms with Crippen molar-refractivity contribution in [1.82, 2.24) is 14.7 Å². The number of likely N-dealkylation sites (N-methyl/N-ethyl adjacent to an activating group) is 1. The largest absolute Gasteiger partial charge is 0.338 e. The number of piperidine rings is 1. The summed E-state index contributed by atoms with van der Waals surface area (Å²) in [5.74, 6) is -0.952. The van der Waals surface area contributed by atoms with Gasteiger partial charge in [-0.05, 0) is 36.6 Å². The van der Waals surface area contributed by atoms with Crippen molar-refractivity contribution in [1.29, 1.82) is 0 Å². The average molecular weight is 395 g/mol. The molecule has 0 radical (unpaired) electrons. The lowest BCUT2D eigenvalue weighted by atomic mass is 9.85. The van der Waals surface area contributed by atoms with Crippen LogP contribution in [-0.4, -0.2) is 58.2 Å². The molecule has 0 N–H and O–H groups in total. The molecule has 1 spiro atoms. The first kappa shape index (κ1) is 19.1. The normalized spacial score (nSPS) is 18.6. The van der Waals surface area contributed by atoms with Crippen molar-refractivity contribution in [3.63, 3.8) is 0 Å². The van der Waals surface area contributed by atoms with Crippen molar-refractivity contribution in [2.75, 3.05) is 20.1 Å².